The molecule has 4 heteroatoms. The Bertz CT molecular complexity index is 478. The number of hydrogen-bond donors (Lipinski definition) is 2. The molecule has 0 saturated carbocycles. The average molecular weight is 174 g/mol. The first kappa shape index (κ1) is 7.77. The molecule has 4 nitrogen and oxygen atoms in total. The summed E-state index contributed by atoms with van der Waals surface area (Å²) < 4.78 is 0. The first-order valence-corrected chi connectivity index (χ1v) is 3.85. The topological polar surface area (TPSA) is 63.1 Å². The summed E-state index contributed by atoms with van der Waals surface area (Å²) in [6.45, 7) is -0.147. The van der Waals surface area contributed by atoms with Crippen LogP contribution in [0, 0.1) is 11.8 Å². The minimum Gasteiger partial charge on any atom is -0.384 e. The van der Waals surface area contributed by atoms with Gasteiger partial charge >= 0.3 is 0 Å². The highest BCUT2D eigenvalue weighted by Crippen LogP contribution is 2.08. The second-order valence-corrected chi connectivity index (χ2v) is 2.48. The lowest BCUT2D eigenvalue weighted by atomic mass is 10.3. The van der Waals surface area contributed by atoms with E-state index < -0.39 is 0 Å². The summed E-state index contributed by atoms with van der Waals surface area (Å²) in [6.07, 6.45) is 3.38. The van der Waals surface area contributed by atoms with Crippen molar-refractivity contribution in [2.75, 3.05) is 6.61 Å². The Hall–Kier alpha value is -1.86. The molecule has 0 aromatic carbocycles. The van der Waals surface area contributed by atoms with E-state index in [1.165, 1.54) is 0 Å². The van der Waals surface area contributed by atoms with Crippen molar-refractivity contribution in [3.8, 4) is 11.8 Å². The van der Waals surface area contributed by atoms with Crippen molar-refractivity contribution in [3.63, 3.8) is 0 Å². The first-order chi connectivity index (χ1) is 6.42. The zero-order valence-electron chi connectivity index (χ0n) is 6.83. The second-order valence-electron chi connectivity index (χ2n) is 2.48. The molecule has 0 radical (unpaired) electrons. The second kappa shape index (κ2) is 3.25. The largest absolute Gasteiger partial charge is 0.384 e. The van der Waals surface area contributed by atoms with E-state index in [1.807, 2.05) is 12.3 Å². The molecule has 2 heterocycles. The molecule has 0 unspecified atom stereocenters. The van der Waals surface area contributed by atoms with Gasteiger partial charge in [-0.05, 0) is 12.0 Å². The van der Waals surface area contributed by atoms with Crippen LogP contribution < -0.4 is 4.98 Å². The number of hydrogen-bond acceptors (Lipinski definition) is 2. The molecule has 0 fully saturated rings. The summed E-state index contributed by atoms with van der Waals surface area (Å²) in [7, 11) is 0. The predicted molar refractivity (Wildman–Crippen MR) is 46.6 cm³/mol. The van der Waals surface area contributed by atoms with Crippen molar-refractivity contribution >= 4 is 11.0 Å². The molecular weight excluding hydrogens is 166 g/mol. The van der Waals surface area contributed by atoms with Gasteiger partial charge in [0, 0.05) is 0 Å². The molecular formula is C9H8N3O+. The number of rotatable bonds is 0. The Balaban J connectivity index is 2.61. The molecule has 64 valence electrons. The number of aromatic nitrogens is 3. The van der Waals surface area contributed by atoms with Crippen LogP contribution in [0.4, 0.5) is 0 Å². The van der Waals surface area contributed by atoms with E-state index in [-0.39, 0.29) is 6.61 Å². The van der Waals surface area contributed by atoms with E-state index in [0.717, 1.165) is 11.0 Å². The van der Waals surface area contributed by atoms with Gasteiger partial charge in [-0.3, -0.25) is 4.98 Å². The maximum atomic E-state index is 8.53. The molecule has 2 aromatic heterocycles. The average Bonchev–Trinajstić information content (AvgIpc) is 2.62. The molecule has 2 aromatic rings. The molecule has 0 saturated heterocycles. The number of aromatic amines is 2. The third-order valence-electron chi connectivity index (χ3n) is 1.69. The minimum absolute atomic E-state index is 0.147. The Morgan fingerprint density at radius 3 is 3.38 bits per heavy atom. The van der Waals surface area contributed by atoms with Crippen molar-refractivity contribution < 1.29 is 10.1 Å². The van der Waals surface area contributed by atoms with Gasteiger partial charge in [0.1, 0.15) is 12.0 Å². The Morgan fingerprint density at radius 2 is 2.54 bits per heavy atom. The van der Waals surface area contributed by atoms with Crippen LogP contribution in [0.1, 0.15) is 5.69 Å². The summed E-state index contributed by atoms with van der Waals surface area (Å²) in [4.78, 5) is 10.0. The molecule has 0 spiro atoms. The van der Waals surface area contributed by atoms with Crippen molar-refractivity contribution in [2.45, 2.75) is 0 Å². The predicted octanol–water partition coefficient (Wildman–Crippen LogP) is -0.279. The summed E-state index contributed by atoms with van der Waals surface area (Å²) in [5, 5.41) is 9.47. The quantitative estimate of drug-likeness (QED) is 0.539. The number of fused-ring (bicyclic) bond motifs is 1. The fraction of sp³-hybridized carbons (Fsp3) is 0.111. The van der Waals surface area contributed by atoms with Crippen LogP contribution in [0.25, 0.3) is 11.0 Å². The van der Waals surface area contributed by atoms with Gasteiger partial charge < -0.3 is 5.11 Å². The van der Waals surface area contributed by atoms with Gasteiger partial charge in [-0.2, -0.15) is 0 Å². The first-order valence-electron chi connectivity index (χ1n) is 3.85. The van der Waals surface area contributed by atoms with Gasteiger partial charge in [-0.1, -0.05) is 5.92 Å². The highest BCUT2D eigenvalue weighted by molar-refractivity contribution is 5.78. The zero-order valence-corrected chi connectivity index (χ0v) is 6.83. The number of nitrogens with one attached hydrogen (secondary N) is 2. The van der Waals surface area contributed by atoms with Crippen molar-refractivity contribution in [2.24, 2.45) is 0 Å². The standard InChI is InChI=1S/C9H7N3O/c13-5-1-2-8-7-3-4-10-9(7)12-6-11-8/h3-4,6,13H,5H2,(H,10,11,12)/p+1. The summed E-state index contributed by atoms with van der Waals surface area (Å²) in [6, 6.07) is 1.89. The van der Waals surface area contributed by atoms with Crippen LogP contribution in [0.5, 0.6) is 0 Å². The monoisotopic (exact) mass is 174 g/mol. The third-order valence-corrected chi connectivity index (χ3v) is 1.69. The summed E-state index contributed by atoms with van der Waals surface area (Å²) >= 11 is 0. The molecule has 0 atom stereocenters. The highest BCUT2D eigenvalue weighted by Gasteiger charge is 2.05. The van der Waals surface area contributed by atoms with Crippen LogP contribution in [0.3, 0.4) is 0 Å². The molecule has 0 aliphatic rings. The summed E-state index contributed by atoms with van der Waals surface area (Å²) in [5.41, 5.74) is 1.56. The third kappa shape index (κ3) is 1.37. The highest BCUT2D eigenvalue weighted by atomic mass is 16.2. The van der Waals surface area contributed by atoms with Crippen LogP contribution in [0.2, 0.25) is 0 Å². The van der Waals surface area contributed by atoms with E-state index in [4.69, 9.17) is 5.11 Å². The molecule has 0 aliphatic carbocycles. The number of aliphatic hydroxyl groups excluding tert-OH is 1. The molecule has 3 N–H and O–H groups in total. The Labute approximate surface area is 74.6 Å². The molecule has 13 heavy (non-hydrogen) atoms. The van der Waals surface area contributed by atoms with Gasteiger partial charge in [0.25, 0.3) is 0 Å². The lowest BCUT2D eigenvalue weighted by molar-refractivity contribution is -0.352. The zero-order chi connectivity index (χ0) is 9.10. The fourth-order valence-corrected chi connectivity index (χ4v) is 1.14. The molecule has 0 aliphatic heterocycles. The fourth-order valence-electron chi connectivity index (χ4n) is 1.14. The van der Waals surface area contributed by atoms with Crippen LogP contribution >= 0.6 is 0 Å². The SMILES string of the molecule is OCC#Cc1nc[nH+]c2[nH]ccc12. The Morgan fingerprint density at radius 1 is 1.62 bits per heavy atom. The van der Waals surface area contributed by atoms with E-state index in [2.05, 4.69) is 26.8 Å². The summed E-state index contributed by atoms with van der Waals surface area (Å²) in [5.74, 6) is 5.33. The van der Waals surface area contributed by atoms with E-state index >= 15 is 0 Å². The van der Waals surface area contributed by atoms with Gasteiger partial charge in [-0.25, -0.2) is 4.98 Å². The minimum atomic E-state index is -0.147. The van der Waals surface area contributed by atoms with Crippen molar-refractivity contribution in [3.05, 3.63) is 24.3 Å². The lowest BCUT2D eigenvalue weighted by Gasteiger charge is -1.84. The van der Waals surface area contributed by atoms with Crippen LogP contribution in [0.15, 0.2) is 18.6 Å². The van der Waals surface area contributed by atoms with Gasteiger partial charge in [0.15, 0.2) is 0 Å². The molecule has 0 amide bonds. The van der Waals surface area contributed by atoms with E-state index in [1.54, 1.807) is 6.33 Å². The van der Waals surface area contributed by atoms with Gasteiger partial charge in [0.2, 0.25) is 17.7 Å². The van der Waals surface area contributed by atoms with Gasteiger partial charge in [0.05, 0.1) is 6.20 Å². The number of aliphatic hydroxyl groups is 1. The van der Waals surface area contributed by atoms with Crippen molar-refractivity contribution in [1.29, 1.82) is 0 Å². The van der Waals surface area contributed by atoms with Crippen LogP contribution in [-0.4, -0.2) is 21.7 Å². The van der Waals surface area contributed by atoms with Gasteiger partial charge in [-0.15, -0.1) is 4.98 Å². The van der Waals surface area contributed by atoms with E-state index in [9.17, 15) is 0 Å². The number of nitrogens with zero attached hydrogens (tertiary/aromatic N) is 1. The van der Waals surface area contributed by atoms with E-state index in [0.29, 0.717) is 5.69 Å². The lowest BCUT2D eigenvalue weighted by Crippen LogP contribution is -2.05. The van der Waals surface area contributed by atoms with Crippen molar-refractivity contribution in [1.82, 2.24) is 9.97 Å². The smallest absolute Gasteiger partial charge is 0.235 e. The number of H-pyrrole nitrogens is 2. The maximum Gasteiger partial charge on any atom is 0.235 e. The molecule has 0 bridgehead atoms. The Kier molecular flexibility index (Phi) is 1.94. The maximum absolute atomic E-state index is 8.53. The molecule has 2 rings (SSSR count). The van der Waals surface area contributed by atoms with Crippen LogP contribution in [-0.2, 0) is 0 Å². The normalized spacial score (nSPS) is 9.62.